The number of carbonyl (C=O) groups excluding carboxylic acids is 1. The smallest absolute Gasteiger partial charge is 0.263 e. The van der Waals surface area contributed by atoms with Crippen molar-refractivity contribution in [2.75, 3.05) is 0 Å². The molecule has 2 aliphatic rings. The zero-order valence-corrected chi connectivity index (χ0v) is 10.7. The molecule has 0 heterocycles. The minimum atomic E-state index is -0.227. The minimum absolute atomic E-state index is 0.203. The average molecular weight is 247 g/mol. The Morgan fingerprint density at radius 1 is 1.06 bits per heavy atom. The van der Waals surface area contributed by atoms with Gasteiger partial charge in [0.15, 0.2) is 0 Å². The molecule has 0 aromatic rings. The van der Waals surface area contributed by atoms with Crippen LogP contribution in [0.4, 0.5) is 0 Å². The molecule has 1 amide bonds. The van der Waals surface area contributed by atoms with Crippen molar-refractivity contribution in [3.05, 3.63) is 11.8 Å². The molecule has 98 valence electrons. The third-order valence-corrected chi connectivity index (χ3v) is 3.87. The number of amides is 1. The second-order valence-corrected chi connectivity index (χ2v) is 5.27. The fraction of sp³-hybridized carbons (Fsp3) is 0.714. The van der Waals surface area contributed by atoms with E-state index in [4.69, 9.17) is 5.26 Å². The van der Waals surface area contributed by atoms with E-state index < -0.39 is 0 Å². The lowest BCUT2D eigenvalue weighted by molar-refractivity contribution is -0.117. The first-order valence-corrected chi connectivity index (χ1v) is 6.97. The van der Waals surface area contributed by atoms with Crippen molar-refractivity contribution < 1.29 is 4.79 Å². The van der Waals surface area contributed by atoms with Gasteiger partial charge < -0.3 is 10.6 Å². The maximum Gasteiger partial charge on any atom is 0.263 e. The molecule has 0 saturated heterocycles. The summed E-state index contributed by atoms with van der Waals surface area (Å²) in [5, 5.41) is 15.2. The van der Waals surface area contributed by atoms with Crippen LogP contribution >= 0.6 is 0 Å². The van der Waals surface area contributed by atoms with E-state index in [-0.39, 0.29) is 17.5 Å². The molecule has 18 heavy (non-hydrogen) atoms. The van der Waals surface area contributed by atoms with Gasteiger partial charge in [0.1, 0.15) is 11.6 Å². The van der Waals surface area contributed by atoms with Gasteiger partial charge in [0.25, 0.3) is 5.91 Å². The topological polar surface area (TPSA) is 64.9 Å². The van der Waals surface area contributed by atoms with E-state index in [2.05, 4.69) is 10.6 Å². The van der Waals surface area contributed by atoms with Crippen LogP contribution in [0.15, 0.2) is 11.8 Å². The van der Waals surface area contributed by atoms with Gasteiger partial charge in [-0.05, 0) is 25.7 Å². The van der Waals surface area contributed by atoms with E-state index in [0.29, 0.717) is 6.04 Å². The van der Waals surface area contributed by atoms with Crippen LogP contribution in [0.25, 0.3) is 0 Å². The molecule has 0 atom stereocenters. The Labute approximate surface area is 108 Å². The number of rotatable bonds is 4. The molecule has 0 aliphatic heterocycles. The highest BCUT2D eigenvalue weighted by Gasteiger charge is 2.20. The van der Waals surface area contributed by atoms with Crippen molar-refractivity contribution in [1.82, 2.24) is 10.6 Å². The number of nitriles is 1. The summed E-state index contributed by atoms with van der Waals surface area (Å²) in [4.78, 5) is 11.9. The fourth-order valence-electron chi connectivity index (χ4n) is 2.78. The van der Waals surface area contributed by atoms with Gasteiger partial charge in [0.05, 0.1) is 0 Å². The van der Waals surface area contributed by atoms with Crippen LogP contribution in [0.5, 0.6) is 0 Å². The molecule has 0 aromatic heterocycles. The zero-order valence-electron chi connectivity index (χ0n) is 10.7. The van der Waals surface area contributed by atoms with Crippen molar-refractivity contribution in [1.29, 1.82) is 5.26 Å². The van der Waals surface area contributed by atoms with E-state index in [1.165, 1.54) is 25.7 Å². The summed E-state index contributed by atoms with van der Waals surface area (Å²) in [7, 11) is 0. The van der Waals surface area contributed by atoms with Crippen molar-refractivity contribution in [3.8, 4) is 6.07 Å². The van der Waals surface area contributed by atoms with Crippen LogP contribution in [0.2, 0.25) is 0 Å². The van der Waals surface area contributed by atoms with Crippen LogP contribution in [0.1, 0.15) is 51.4 Å². The summed E-state index contributed by atoms with van der Waals surface area (Å²) >= 11 is 0. The highest BCUT2D eigenvalue weighted by Crippen LogP contribution is 2.19. The Morgan fingerprint density at radius 3 is 2.17 bits per heavy atom. The normalized spacial score (nSPS) is 21.8. The summed E-state index contributed by atoms with van der Waals surface area (Å²) in [5.74, 6) is -0.227. The lowest BCUT2D eigenvalue weighted by atomic mass is 10.2. The van der Waals surface area contributed by atoms with Gasteiger partial charge in [-0.3, -0.25) is 4.79 Å². The maximum atomic E-state index is 11.9. The van der Waals surface area contributed by atoms with Crippen LogP contribution < -0.4 is 10.6 Å². The Morgan fingerprint density at radius 2 is 1.61 bits per heavy atom. The largest absolute Gasteiger partial charge is 0.387 e. The lowest BCUT2D eigenvalue weighted by Gasteiger charge is -2.12. The van der Waals surface area contributed by atoms with Gasteiger partial charge in [-0.1, -0.05) is 25.7 Å². The number of hydrogen-bond acceptors (Lipinski definition) is 3. The number of hydrogen-bond donors (Lipinski definition) is 2. The van der Waals surface area contributed by atoms with Crippen LogP contribution in [0, 0.1) is 11.3 Å². The van der Waals surface area contributed by atoms with Gasteiger partial charge in [0, 0.05) is 18.3 Å². The monoisotopic (exact) mass is 247 g/mol. The Balaban J connectivity index is 1.84. The SMILES string of the molecule is N#C/C(=C/NC1CCCC1)C(=O)NC1CCCC1. The van der Waals surface area contributed by atoms with Crippen molar-refractivity contribution in [3.63, 3.8) is 0 Å². The molecule has 0 unspecified atom stereocenters. The zero-order chi connectivity index (χ0) is 12.8. The van der Waals surface area contributed by atoms with E-state index in [9.17, 15) is 4.79 Å². The molecule has 0 aromatic carbocycles. The third-order valence-electron chi connectivity index (χ3n) is 3.87. The van der Waals surface area contributed by atoms with Crippen molar-refractivity contribution in [2.45, 2.75) is 63.5 Å². The predicted molar refractivity (Wildman–Crippen MR) is 69.5 cm³/mol. The fourth-order valence-corrected chi connectivity index (χ4v) is 2.78. The van der Waals surface area contributed by atoms with E-state index in [0.717, 1.165) is 25.7 Å². The van der Waals surface area contributed by atoms with E-state index >= 15 is 0 Å². The first kappa shape index (κ1) is 12.9. The molecular formula is C14H21N3O. The molecule has 2 rings (SSSR count). The van der Waals surface area contributed by atoms with Crippen molar-refractivity contribution in [2.24, 2.45) is 0 Å². The Hall–Kier alpha value is -1.50. The second kappa shape index (κ2) is 6.44. The van der Waals surface area contributed by atoms with Crippen LogP contribution in [0.3, 0.4) is 0 Å². The van der Waals surface area contributed by atoms with E-state index in [1.807, 2.05) is 6.07 Å². The van der Waals surface area contributed by atoms with Crippen molar-refractivity contribution >= 4 is 5.91 Å². The molecule has 2 fully saturated rings. The number of nitrogens with one attached hydrogen (secondary N) is 2. The van der Waals surface area contributed by atoms with E-state index in [1.54, 1.807) is 6.20 Å². The molecule has 2 aliphatic carbocycles. The molecule has 4 heteroatoms. The van der Waals surface area contributed by atoms with Gasteiger partial charge in [-0.25, -0.2) is 0 Å². The molecule has 4 nitrogen and oxygen atoms in total. The highest BCUT2D eigenvalue weighted by molar-refractivity contribution is 5.97. The molecular weight excluding hydrogens is 226 g/mol. The lowest BCUT2D eigenvalue weighted by Crippen LogP contribution is -2.34. The first-order chi connectivity index (χ1) is 8.79. The quantitative estimate of drug-likeness (QED) is 0.590. The summed E-state index contributed by atoms with van der Waals surface area (Å²) in [6.45, 7) is 0. The number of carbonyl (C=O) groups is 1. The summed E-state index contributed by atoms with van der Waals surface area (Å²) < 4.78 is 0. The minimum Gasteiger partial charge on any atom is -0.387 e. The van der Waals surface area contributed by atoms with Gasteiger partial charge in [0.2, 0.25) is 0 Å². The number of nitrogens with zero attached hydrogens (tertiary/aromatic N) is 1. The second-order valence-electron chi connectivity index (χ2n) is 5.27. The Bertz CT molecular complexity index is 358. The highest BCUT2D eigenvalue weighted by atomic mass is 16.1. The maximum absolute atomic E-state index is 11.9. The van der Waals surface area contributed by atoms with Gasteiger partial charge in [-0.15, -0.1) is 0 Å². The first-order valence-electron chi connectivity index (χ1n) is 6.97. The third kappa shape index (κ3) is 3.49. The summed E-state index contributed by atoms with van der Waals surface area (Å²) in [6, 6.07) is 2.69. The van der Waals surface area contributed by atoms with Gasteiger partial charge in [-0.2, -0.15) is 5.26 Å². The standard InChI is InChI=1S/C14H21N3O/c15-9-11(10-16-12-5-1-2-6-12)14(18)17-13-7-3-4-8-13/h10,12-13,16H,1-8H2,(H,17,18)/b11-10-. The molecule has 0 radical (unpaired) electrons. The molecule has 0 spiro atoms. The van der Waals surface area contributed by atoms with Crippen LogP contribution in [-0.4, -0.2) is 18.0 Å². The van der Waals surface area contributed by atoms with Crippen LogP contribution in [-0.2, 0) is 4.79 Å². The predicted octanol–water partition coefficient (Wildman–Crippen LogP) is 1.98. The average Bonchev–Trinajstić information content (AvgIpc) is 3.02. The summed E-state index contributed by atoms with van der Waals surface area (Å²) in [6.07, 6.45) is 10.8. The summed E-state index contributed by atoms with van der Waals surface area (Å²) in [5.41, 5.74) is 0.203. The molecule has 2 saturated carbocycles. The molecule has 0 bridgehead atoms. The molecule has 2 N–H and O–H groups in total. The Kier molecular flexibility index (Phi) is 4.63. The van der Waals surface area contributed by atoms with Gasteiger partial charge >= 0.3 is 0 Å².